The number of rotatable bonds is 4. The van der Waals surface area contributed by atoms with Gasteiger partial charge in [-0.05, 0) is 71.1 Å². The van der Waals surface area contributed by atoms with Crippen molar-refractivity contribution >= 4 is 39.9 Å². The van der Waals surface area contributed by atoms with E-state index in [-0.39, 0.29) is 12.5 Å². The number of anilines is 2. The van der Waals surface area contributed by atoms with E-state index in [0.717, 1.165) is 9.26 Å². The Bertz CT molecular complexity index is 630. The number of hydrogen-bond acceptors (Lipinski definition) is 3. The van der Waals surface area contributed by atoms with Crippen molar-refractivity contribution in [1.82, 2.24) is 0 Å². The summed E-state index contributed by atoms with van der Waals surface area (Å²) in [6.07, 6.45) is 0. The Morgan fingerprint density at radius 2 is 1.65 bits per heavy atom. The van der Waals surface area contributed by atoms with Gasteiger partial charge in [-0.1, -0.05) is 0 Å². The number of nitrogens with one attached hydrogen (secondary N) is 2. The fourth-order valence-corrected chi connectivity index (χ4v) is 1.94. The smallest absolute Gasteiger partial charge is 0.243 e. The van der Waals surface area contributed by atoms with Gasteiger partial charge in [0.15, 0.2) is 0 Å². The fourth-order valence-electron chi connectivity index (χ4n) is 1.58. The highest BCUT2D eigenvalue weighted by Crippen LogP contribution is 2.11. The van der Waals surface area contributed by atoms with Crippen LogP contribution < -0.4 is 10.6 Å². The largest absolute Gasteiger partial charge is 0.376 e. The summed E-state index contributed by atoms with van der Waals surface area (Å²) in [5, 5.41) is 14.5. The van der Waals surface area contributed by atoms with Crippen molar-refractivity contribution in [2.45, 2.75) is 0 Å². The molecule has 0 unspecified atom stereocenters. The first-order chi connectivity index (χ1) is 9.67. The standard InChI is InChI=1S/C15H12IN3O/c16-12-3-7-13(8-4-12)18-10-15(20)19-14-5-1-11(9-17)2-6-14/h1-8,18H,10H2,(H,19,20). The van der Waals surface area contributed by atoms with Crippen LogP contribution in [0.5, 0.6) is 0 Å². The van der Waals surface area contributed by atoms with Crippen LogP contribution in [0.4, 0.5) is 11.4 Å². The molecule has 0 saturated carbocycles. The summed E-state index contributed by atoms with van der Waals surface area (Å²) in [6, 6.07) is 16.6. The maximum absolute atomic E-state index is 11.8. The summed E-state index contributed by atoms with van der Waals surface area (Å²) in [6.45, 7) is 0.195. The molecule has 4 nitrogen and oxygen atoms in total. The predicted octanol–water partition coefficient (Wildman–Crippen LogP) is 3.21. The molecule has 0 saturated heterocycles. The average molecular weight is 377 g/mol. The number of hydrogen-bond donors (Lipinski definition) is 2. The van der Waals surface area contributed by atoms with Gasteiger partial charge in [-0.3, -0.25) is 4.79 Å². The first kappa shape index (κ1) is 14.3. The highest BCUT2D eigenvalue weighted by molar-refractivity contribution is 14.1. The van der Waals surface area contributed by atoms with E-state index in [2.05, 4.69) is 33.2 Å². The number of nitrogens with zero attached hydrogens (tertiary/aromatic N) is 1. The molecule has 0 heterocycles. The van der Waals surface area contributed by atoms with Gasteiger partial charge in [0.25, 0.3) is 0 Å². The third-order valence-corrected chi connectivity index (χ3v) is 3.31. The Hall–Kier alpha value is -2.07. The number of benzene rings is 2. The van der Waals surface area contributed by atoms with Gasteiger partial charge < -0.3 is 10.6 Å². The summed E-state index contributed by atoms with van der Waals surface area (Å²) in [4.78, 5) is 11.8. The molecule has 20 heavy (non-hydrogen) atoms. The van der Waals surface area contributed by atoms with Gasteiger partial charge in [-0.25, -0.2) is 0 Å². The van der Waals surface area contributed by atoms with Crippen molar-refractivity contribution in [3.8, 4) is 6.07 Å². The van der Waals surface area contributed by atoms with E-state index < -0.39 is 0 Å². The van der Waals surface area contributed by atoms with Gasteiger partial charge >= 0.3 is 0 Å². The van der Waals surface area contributed by atoms with Crippen molar-refractivity contribution in [1.29, 1.82) is 5.26 Å². The van der Waals surface area contributed by atoms with Crippen LogP contribution in [0.25, 0.3) is 0 Å². The van der Waals surface area contributed by atoms with E-state index in [9.17, 15) is 4.79 Å². The van der Waals surface area contributed by atoms with E-state index in [1.54, 1.807) is 24.3 Å². The molecule has 2 N–H and O–H groups in total. The minimum absolute atomic E-state index is 0.131. The molecule has 0 spiro atoms. The molecule has 5 heteroatoms. The molecule has 1 amide bonds. The number of carbonyl (C=O) groups excluding carboxylic acids is 1. The SMILES string of the molecule is N#Cc1ccc(NC(=O)CNc2ccc(I)cc2)cc1. The zero-order valence-corrected chi connectivity index (χ0v) is 12.7. The van der Waals surface area contributed by atoms with E-state index >= 15 is 0 Å². The third kappa shape index (κ3) is 4.24. The first-order valence-electron chi connectivity index (χ1n) is 5.97. The van der Waals surface area contributed by atoms with Gasteiger partial charge in [0.05, 0.1) is 18.2 Å². The third-order valence-electron chi connectivity index (χ3n) is 2.60. The van der Waals surface area contributed by atoms with Crippen molar-refractivity contribution < 1.29 is 4.79 Å². The topological polar surface area (TPSA) is 64.9 Å². The average Bonchev–Trinajstić information content (AvgIpc) is 2.47. The van der Waals surface area contributed by atoms with E-state index in [0.29, 0.717) is 11.3 Å². The summed E-state index contributed by atoms with van der Waals surface area (Å²) in [7, 11) is 0. The molecule has 0 atom stereocenters. The van der Waals surface area contributed by atoms with Crippen molar-refractivity contribution in [3.63, 3.8) is 0 Å². The van der Waals surface area contributed by atoms with Crippen LogP contribution in [0.15, 0.2) is 48.5 Å². The van der Waals surface area contributed by atoms with Crippen LogP contribution in [-0.4, -0.2) is 12.5 Å². The normalized spacial score (nSPS) is 9.60. The maximum atomic E-state index is 11.8. The number of amides is 1. The van der Waals surface area contributed by atoms with E-state index in [1.807, 2.05) is 30.3 Å². The molecule has 100 valence electrons. The summed E-state index contributed by atoms with van der Waals surface area (Å²) >= 11 is 2.23. The Kier molecular flexibility index (Phi) is 4.96. The van der Waals surface area contributed by atoms with Gasteiger partial charge in [0.1, 0.15) is 0 Å². The lowest BCUT2D eigenvalue weighted by Crippen LogP contribution is -2.21. The molecule has 2 aromatic carbocycles. The highest BCUT2D eigenvalue weighted by atomic mass is 127. The van der Waals surface area contributed by atoms with Gasteiger partial charge in [0, 0.05) is 14.9 Å². The lowest BCUT2D eigenvalue weighted by molar-refractivity contribution is -0.114. The predicted molar refractivity (Wildman–Crippen MR) is 87.4 cm³/mol. The maximum Gasteiger partial charge on any atom is 0.243 e. The van der Waals surface area contributed by atoms with Crippen molar-refractivity contribution in [2.24, 2.45) is 0 Å². The van der Waals surface area contributed by atoms with Crippen LogP contribution in [0.1, 0.15) is 5.56 Å². The quantitative estimate of drug-likeness (QED) is 0.805. The lowest BCUT2D eigenvalue weighted by atomic mass is 10.2. The number of nitriles is 1. The lowest BCUT2D eigenvalue weighted by Gasteiger charge is -2.08. The second kappa shape index (κ2) is 6.91. The fraction of sp³-hybridized carbons (Fsp3) is 0.0667. The van der Waals surface area contributed by atoms with Crippen molar-refractivity contribution in [2.75, 3.05) is 17.2 Å². The Morgan fingerprint density at radius 1 is 1.05 bits per heavy atom. The van der Waals surface area contributed by atoms with Gasteiger partial charge in [0.2, 0.25) is 5.91 Å². The highest BCUT2D eigenvalue weighted by Gasteiger charge is 2.02. The van der Waals surface area contributed by atoms with Gasteiger partial charge in [-0.15, -0.1) is 0 Å². The van der Waals surface area contributed by atoms with Gasteiger partial charge in [-0.2, -0.15) is 5.26 Å². The zero-order valence-electron chi connectivity index (χ0n) is 10.6. The summed E-state index contributed by atoms with van der Waals surface area (Å²) in [5.41, 5.74) is 2.15. The Balaban J connectivity index is 1.86. The van der Waals surface area contributed by atoms with Crippen LogP contribution in [0, 0.1) is 14.9 Å². The second-order valence-electron chi connectivity index (χ2n) is 4.10. The van der Waals surface area contributed by atoms with E-state index in [1.165, 1.54) is 0 Å². The monoisotopic (exact) mass is 377 g/mol. The Labute approximate surface area is 130 Å². The molecule has 0 aliphatic heterocycles. The molecular formula is C15H12IN3O. The van der Waals surface area contributed by atoms with Crippen LogP contribution in [-0.2, 0) is 4.79 Å². The summed E-state index contributed by atoms with van der Waals surface area (Å²) < 4.78 is 1.15. The van der Waals surface area contributed by atoms with Crippen LogP contribution in [0.2, 0.25) is 0 Å². The summed E-state index contributed by atoms with van der Waals surface area (Å²) in [5.74, 6) is -0.131. The first-order valence-corrected chi connectivity index (χ1v) is 7.05. The molecule has 0 aromatic heterocycles. The molecule has 0 radical (unpaired) electrons. The second-order valence-corrected chi connectivity index (χ2v) is 5.34. The number of halogens is 1. The van der Waals surface area contributed by atoms with E-state index in [4.69, 9.17) is 5.26 Å². The van der Waals surface area contributed by atoms with Crippen molar-refractivity contribution in [3.05, 3.63) is 57.7 Å². The Morgan fingerprint density at radius 3 is 2.25 bits per heavy atom. The van der Waals surface area contributed by atoms with Crippen LogP contribution >= 0.6 is 22.6 Å². The molecule has 0 fully saturated rings. The molecule has 0 aliphatic carbocycles. The minimum Gasteiger partial charge on any atom is -0.376 e. The molecular weight excluding hydrogens is 365 g/mol. The van der Waals surface area contributed by atoms with Crippen LogP contribution in [0.3, 0.4) is 0 Å². The molecule has 2 aromatic rings. The number of carbonyl (C=O) groups is 1. The molecule has 0 bridgehead atoms. The zero-order chi connectivity index (χ0) is 14.4. The molecule has 0 aliphatic rings. The minimum atomic E-state index is -0.131. The molecule has 2 rings (SSSR count).